The number of piperidine rings is 1. The van der Waals surface area contributed by atoms with Crippen LogP contribution in [0.25, 0.3) is 0 Å². The third-order valence-electron chi connectivity index (χ3n) is 4.84. The van der Waals surface area contributed by atoms with Gasteiger partial charge in [-0.05, 0) is 31.7 Å². The predicted octanol–water partition coefficient (Wildman–Crippen LogP) is 0.997. The first-order valence-corrected chi connectivity index (χ1v) is 8.40. The highest BCUT2D eigenvalue weighted by atomic mass is 16.2. The van der Waals surface area contributed by atoms with Crippen molar-refractivity contribution in [2.45, 2.75) is 39.5 Å². The monoisotopic (exact) mass is 295 g/mol. The van der Waals surface area contributed by atoms with Crippen molar-refractivity contribution in [2.75, 3.05) is 32.7 Å². The van der Waals surface area contributed by atoms with Gasteiger partial charge in [0.15, 0.2) is 0 Å². The van der Waals surface area contributed by atoms with Gasteiger partial charge in [-0.2, -0.15) is 0 Å². The van der Waals surface area contributed by atoms with Crippen molar-refractivity contribution in [3.05, 3.63) is 0 Å². The maximum atomic E-state index is 12.5. The molecule has 5 heteroatoms. The van der Waals surface area contributed by atoms with Gasteiger partial charge < -0.3 is 15.5 Å². The minimum absolute atomic E-state index is 0.0880. The van der Waals surface area contributed by atoms with E-state index in [2.05, 4.69) is 24.5 Å². The van der Waals surface area contributed by atoms with Crippen LogP contribution in [0, 0.1) is 17.8 Å². The van der Waals surface area contributed by atoms with Gasteiger partial charge in [-0.3, -0.25) is 9.59 Å². The largest absolute Gasteiger partial charge is 0.356 e. The summed E-state index contributed by atoms with van der Waals surface area (Å²) in [6, 6.07) is 0. The summed E-state index contributed by atoms with van der Waals surface area (Å²) in [5, 5.41) is 6.29. The van der Waals surface area contributed by atoms with Crippen LogP contribution in [0.5, 0.6) is 0 Å². The molecule has 0 radical (unpaired) electrons. The zero-order chi connectivity index (χ0) is 15.2. The first-order chi connectivity index (χ1) is 10.1. The molecule has 2 fully saturated rings. The molecule has 2 saturated heterocycles. The lowest BCUT2D eigenvalue weighted by Gasteiger charge is -2.33. The summed E-state index contributed by atoms with van der Waals surface area (Å²) in [4.78, 5) is 26.5. The van der Waals surface area contributed by atoms with Gasteiger partial charge in [-0.15, -0.1) is 0 Å². The van der Waals surface area contributed by atoms with Crippen molar-refractivity contribution < 1.29 is 9.59 Å². The van der Waals surface area contributed by atoms with E-state index in [9.17, 15) is 9.59 Å². The van der Waals surface area contributed by atoms with Crippen LogP contribution in [0.1, 0.15) is 39.5 Å². The van der Waals surface area contributed by atoms with E-state index in [1.165, 1.54) is 0 Å². The molecule has 0 aromatic rings. The molecule has 2 amide bonds. The first kappa shape index (κ1) is 16.3. The Labute approximate surface area is 127 Å². The molecule has 120 valence electrons. The third kappa shape index (κ3) is 4.19. The summed E-state index contributed by atoms with van der Waals surface area (Å²) < 4.78 is 0. The maximum absolute atomic E-state index is 12.5. The Kier molecular flexibility index (Phi) is 6.03. The third-order valence-corrected chi connectivity index (χ3v) is 4.84. The van der Waals surface area contributed by atoms with Gasteiger partial charge in [0, 0.05) is 32.1 Å². The number of rotatable bonds is 5. The lowest BCUT2D eigenvalue weighted by molar-refractivity contribution is -0.139. The van der Waals surface area contributed by atoms with E-state index in [-0.39, 0.29) is 23.7 Å². The highest BCUT2D eigenvalue weighted by Gasteiger charge is 2.35. The highest BCUT2D eigenvalue weighted by molar-refractivity contribution is 5.81. The van der Waals surface area contributed by atoms with Gasteiger partial charge in [-0.25, -0.2) is 0 Å². The van der Waals surface area contributed by atoms with Gasteiger partial charge in [0.05, 0.1) is 5.92 Å². The molecular weight excluding hydrogens is 266 g/mol. The minimum atomic E-state index is 0.0880. The summed E-state index contributed by atoms with van der Waals surface area (Å²) in [5.74, 6) is 1.08. The smallest absolute Gasteiger partial charge is 0.227 e. The van der Waals surface area contributed by atoms with E-state index >= 15 is 0 Å². The highest BCUT2D eigenvalue weighted by Crippen LogP contribution is 2.23. The summed E-state index contributed by atoms with van der Waals surface area (Å²) in [5.41, 5.74) is 0. The Bertz CT molecular complexity index is 365. The fraction of sp³-hybridized carbons (Fsp3) is 0.875. The summed E-state index contributed by atoms with van der Waals surface area (Å²) in [6.07, 6.45) is 3.74. The van der Waals surface area contributed by atoms with Crippen molar-refractivity contribution in [1.29, 1.82) is 0 Å². The first-order valence-electron chi connectivity index (χ1n) is 8.40. The van der Waals surface area contributed by atoms with Crippen molar-refractivity contribution in [3.8, 4) is 0 Å². The molecule has 2 N–H and O–H groups in total. The molecule has 2 rings (SSSR count). The molecule has 2 aliphatic rings. The van der Waals surface area contributed by atoms with Crippen LogP contribution in [-0.4, -0.2) is 49.4 Å². The fourth-order valence-corrected chi connectivity index (χ4v) is 3.27. The molecule has 21 heavy (non-hydrogen) atoms. The summed E-state index contributed by atoms with van der Waals surface area (Å²) in [6.45, 7) is 8.23. The second kappa shape index (κ2) is 7.78. The van der Waals surface area contributed by atoms with Crippen LogP contribution in [0.15, 0.2) is 0 Å². The van der Waals surface area contributed by atoms with Crippen molar-refractivity contribution in [3.63, 3.8) is 0 Å². The number of carbonyl (C=O) groups is 2. The van der Waals surface area contributed by atoms with Gasteiger partial charge >= 0.3 is 0 Å². The Balaban J connectivity index is 1.75. The van der Waals surface area contributed by atoms with Crippen molar-refractivity contribution >= 4 is 11.8 Å². The number of nitrogens with one attached hydrogen (secondary N) is 2. The second-order valence-electron chi connectivity index (χ2n) is 6.49. The molecule has 0 spiro atoms. The molecule has 0 saturated carbocycles. The van der Waals surface area contributed by atoms with Crippen molar-refractivity contribution in [2.24, 2.45) is 17.8 Å². The summed E-state index contributed by atoms with van der Waals surface area (Å²) in [7, 11) is 0. The maximum Gasteiger partial charge on any atom is 0.227 e. The van der Waals surface area contributed by atoms with Gasteiger partial charge in [0.2, 0.25) is 11.8 Å². The fourth-order valence-electron chi connectivity index (χ4n) is 3.27. The molecule has 2 aliphatic heterocycles. The van der Waals surface area contributed by atoms with Gasteiger partial charge in [0.25, 0.3) is 0 Å². The lowest BCUT2D eigenvalue weighted by Crippen LogP contribution is -2.46. The van der Waals surface area contributed by atoms with Gasteiger partial charge in [0.1, 0.15) is 0 Å². The number of hydrogen-bond acceptors (Lipinski definition) is 3. The molecule has 2 atom stereocenters. The Morgan fingerprint density at radius 3 is 2.52 bits per heavy atom. The molecule has 5 nitrogen and oxygen atoms in total. The quantitative estimate of drug-likeness (QED) is 0.744. The van der Waals surface area contributed by atoms with E-state index in [1.54, 1.807) is 0 Å². The Hall–Kier alpha value is -1.10. The molecule has 0 aromatic heterocycles. The summed E-state index contributed by atoms with van der Waals surface area (Å²) >= 11 is 0. The number of carbonyl (C=O) groups excluding carboxylic acids is 2. The van der Waals surface area contributed by atoms with E-state index in [4.69, 9.17) is 0 Å². The number of amides is 2. The standard InChI is InChI=1S/C16H29N3O2/c1-3-4-7-18-15(20)13-5-8-19(9-6-13)16(21)14-11-17-10-12(14)2/h12-14,17H,3-11H2,1-2H3,(H,18,20). The predicted molar refractivity (Wildman–Crippen MR) is 82.7 cm³/mol. The topological polar surface area (TPSA) is 61.4 Å². The molecule has 0 aliphatic carbocycles. The van der Waals surface area contributed by atoms with Crippen LogP contribution in [-0.2, 0) is 9.59 Å². The van der Waals surface area contributed by atoms with Gasteiger partial charge in [-0.1, -0.05) is 20.3 Å². The van der Waals surface area contributed by atoms with Crippen LogP contribution in [0.2, 0.25) is 0 Å². The van der Waals surface area contributed by atoms with Crippen LogP contribution >= 0.6 is 0 Å². The normalized spacial score (nSPS) is 26.9. The number of likely N-dealkylation sites (tertiary alicyclic amines) is 1. The van der Waals surface area contributed by atoms with Crippen LogP contribution in [0.4, 0.5) is 0 Å². The van der Waals surface area contributed by atoms with E-state index in [1.807, 2.05) is 4.90 Å². The molecular formula is C16H29N3O2. The van der Waals surface area contributed by atoms with Crippen LogP contribution < -0.4 is 10.6 Å². The number of unbranched alkanes of at least 4 members (excludes halogenated alkanes) is 1. The Morgan fingerprint density at radius 2 is 1.95 bits per heavy atom. The SMILES string of the molecule is CCCCNC(=O)C1CCN(C(=O)C2CNCC2C)CC1. The average Bonchev–Trinajstić information content (AvgIpc) is 2.93. The Morgan fingerprint density at radius 1 is 1.24 bits per heavy atom. The van der Waals surface area contributed by atoms with Crippen LogP contribution in [0.3, 0.4) is 0 Å². The number of hydrogen-bond donors (Lipinski definition) is 2. The van der Waals surface area contributed by atoms with Crippen molar-refractivity contribution in [1.82, 2.24) is 15.5 Å². The zero-order valence-corrected chi connectivity index (χ0v) is 13.4. The van der Waals surface area contributed by atoms with E-state index < -0.39 is 0 Å². The van der Waals surface area contributed by atoms with E-state index in [0.717, 1.165) is 58.4 Å². The minimum Gasteiger partial charge on any atom is -0.356 e. The molecule has 0 bridgehead atoms. The lowest BCUT2D eigenvalue weighted by atomic mass is 9.92. The molecule has 2 heterocycles. The second-order valence-corrected chi connectivity index (χ2v) is 6.49. The average molecular weight is 295 g/mol. The number of nitrogens with zero attached hydrogens (tertiary/aromatic N) is 1. The molecule has 2 unspecified atom stereocenters. The molecule has 0 aromatic carbocycles. The zero-order valence-electron chi connectivity index (χ0n) is 13.4. The van der Waals surface area contributed by atoms with E-state index in [0.29, 0.717) is 5.92 Å².